The molecule has 0 saturated carbocycles. The number of hydrogen-bond acceptors (Lipinski definition) is 4. The number of likely N-dealkylation sites (tertiary alicyclic amines) is 1. The molecule has 1 unspecified atom stereocenters. The highest BCUT2D eigenvalue weighted by atomic mass is 16.6. The number of rotatable bonds is 5. The molecule has 138 valence electrons. The molecule has 2 rings (SSSR count). The third kappa shape index (κ3) is 4.94. The van der Waals surface area contributed by atoms with Crippen molar-refractivity contribution in [3.8, 4) is 0 Å². The zero-order valence-corrected chi connectivity index (χ0v) is 15.7. The molecule has 6 nitrogen and oxygen atoms in total. The number of ether oxygens (including phenoxy) is 1. The predicted molar refractivity (Wildman–Crippen MR) is 97.5 cm³/mol. The van der Waals surface area contributed by atoms with Crippen LogP contribution < -0.4 is 4.90 Å². The number of piperidine rings is 1. The molecule has 1 saturated heterocycles. The van der Waals surface area contributed by atoms with Crippen molar-refractivity contribution in [1.29, 1.82) is 0 Å². The van der Waals surface area contributed by atoms with Crippen molar-refractivity contribution in [2.24, 2.45) is 0 Å². The third-order valence-electron chi connectivity index (χ3n) is 4.17. The van der Waals surface area contributed by atoms with E-state index in [0.717, 1.165) is 44.2 Å². The van der Waals surface area contributed by atoms with E-state index in [0.29, 0.717) is 12.4 Å². The van der Waals surface area contributed by atoms with E-state index in [2.05, 4.69) is 4.98 Å². The molecule has 25 heavy (non-hydrogen) atoms. The molecule has 1 aromatic heterocycles. The normalized spacial score (nSPS) is 17.9. The van der Waals surface area contributed by atoms with Gasteiger partial charge in [-0.1, -0.05) is 13.0 Å². The molecule has 1 aliphatic rings. The van der Waals surface area contributed by atoms with Crippen molar-refractivity contribution in [1.82, 2.24) is 9.88 Å². The molecule has 1 atom stereocenters. The number of anilines is 1. The number of carbonyl (C=O) groups is 2. The topological polar surface area (TPSA) is 62.7 Å². The molecule has 0 aromatic carbocycles. The second-order valence-corrected chi connectivity index (χ2v) is 7.40. The average Bonchev–Trinajstić information content (AvgIpc) is 2.58. The summed E-state index contributed by atoms with van der Waals surface area (Å²) in [5.74, 6) is 0.595. The van der Waals surface area contributed by atoms with E-state index < -0.39 is 11.7 Å². The van der Waals surface area contributed by atoms with Crippen LogP contribution in [-0.4, -0.2) is 41.1 Å². The summed E-state index contributed by atoms with van der Waals surface area (Å²) in [7, 11) is 0. The summed E-state index contributed by atoms with van der Waals surface area (Å²) >= 11 is 0. The number of aromatic nitrogens is 1. The van der Waals surface area contributed by atoms with Crippen LogP contribution in [0.5, 0.6) is 0 Å². The van der Waals surface area contributed by atoms with Gasteiger partial charge >= 0.3 is 6.09 Å². The Morgan fingerprint density at radius 2 is 2.20 bits per heavy atom. The lowest BCUT2D eigenvalue weighted by Crippen LogP contribution is -2.40. The molecule has 1 aliphatic heterocycles. The van der Waals surface area contributed by atoms with Gasteiger partial charge in [-0.25, -0.2) is 9.78 Å². The van der Waals surface area contributed by atoms with E-state index in [-0.39, 0.29) is 6.04 Å². The Morgan fingerprint density at radius 3 is 2.84 bits per heavy atom. The first kappa shape index (κ1) is 19.2. The predicted octanol–water partition coefficient (Wildman–Crippen LogP) is 3.92. The van der Waals surface area contributed by atoms with Gasteiger partial charge in [-0.15, -0.1) is 0 Å². The summed E-state index contributed by atoms with van der Waals surface area (Å²) in [6.45, 7) is 8.82. The van der Waals surface area contributed by atoms with Gasteiger partial charge < -0.3 is 9.64 Å². The first-order valence-electron chi connectivity index (χ1n) is 9.04. The molecule has 0 spiro atoms. The van der Waals surface area contributed by atoms with Gasteiger partial charge in [0.1, 0.15) is 11.4 Å². The van der Waals surface area contributed by atoms with Gasteiger partial charge in [0.25, 0.3) is 0 Å². The molecular formula is C19H29N3O3. The second kappa shape index (κ2) is 8.32. The van der Waals surface area contributed by atoms with E-state index in [4.69, 9.17) is 4.74 Å². The Kier molecular flexibility index (Phi) is 6.39. The molecule has 0 bridgehead atoms. The fraction of sp³-hybridized carbons (Fsp3) is 0.632. The molecule has 1 aromatic rings. The monoisotopic (exact) mass is 347 g/mol. The van der Waals surface area contributed by atoms with Crippen LogP contribution in [0.3, 0.4) is 0 Å². The summed E-state index contributed by atoms with van der Waals surface area (Å²) in [5, 5.41) is 0. The van der Waals surface area contributed by atoms with Gasteiger partial charge in [0.05, 0.1) is 6.04 Å². The molecule has 0 N–H and O–H groups in total. The molecule has 0 aliphatic carbocycles. The largest absolute Gasteiger partial charge is 0.443 e. The maximum absolute atomic E-state index is 12.7. The van der Waals surface area contributed by atoms with Crippen molar-refractivity contribution < 1.29 is 14.3 Å². The van der Waals surface area contributed by atoms with Gasteiger partial charge in [-0.2, -0.15) is 0 Å². The summed E-state index contributed by atoms with van der Waals surface area (Å²) in [5.41, 5.74) is 0.339. The van der Waals surface area contributed by atoms with Crippen LogP contribution in [0.4, 0.5) is 10.6 Å². The highest BCUT2D eigenvalue weighted by Crippen LogP contribution is 2.35. The number of amides is 2. The average molecular weight is 347 g/mol. The van der Waals surface area contributed by atoms with Gasteiger partial charge in [0.2, 0.25) is 6.41 Å². The minimum Gasteiger partial charge on any atom is -0.443 e. The Balaban J connectivity index is 2.38. The van der Waals surface area contributed by atoms with Crippen molar-refractivity contribution >= 4 is 18.3 Å². The summed E-state index contributed by atoms with van der Waals surface area (Å²) in [6.07, 6.45) is 5.92. The number of nitrogens with zero attached hydrogens (tertiary/aromatic N) is 3. The van der Waals surface area contributed by atoms with Crippen molar-refractivity contribution in [3.05, 3.63) is 23.9 Å². The smallest absolute Gasteiger partial charge is 0.416 e. The number of carbonyl (C=O) groups excluding carboxylic acids is 2. The molecule has 1 fully saturated rings. The van der Waals surface area contributed by atoms with E-state index >= 15 is 0 Å². The van der Waals surface area contributed by atoms with Gasteiger partial charge in [-0.05, 0) is 52.5 Å². The van der Waals surface area contributed by atoms with Gasteiger partial charge in [0, 0.05) is 24.8 Å². The lowest BCUT2D eigenvalue weighted by Gasteiger charge is -2.35. The van der Waals surface area contributed by atoms with Crippen LogP contribution >= 0.6 is 0 Å². The first-order valence-corrected chi connectivity index (χ1v) is 9.04. The Morgan fingerprint density at radius 1 is 1.44 bits per heavy atom. The van der Waals surface area contributed by atoms with Crippen molar-refractivity contribution in [2.75, 3.05) is 18.0 Å². The highest BCUT2D eigenvalue weighted by molar-refractivity contribution is 5.87. The van der Waals surface area contributed by atoms with E-state index in [9.17, 15) is 9.59 Å². The Labute approximate surface area is 150 Å². The molecular weight excluding hydrogens is 318 g/mol. The summed E-state index contributed by atoms with van der Waals surface area (Å²) < 4.78 is 5.57. The number of hydrogen-bond donors (Lipinski definition) is 0. The van der Waals surface area contributed by atoms with Crippen LogP contribution in [-0.2, 0) is 9.53 Å². The zero-order valence-electron chi connectivity index (χ0n) is 15.7. The van der Waals surface area contributed by atoms with Gasteiger partial charge in [0.15, 0.2) is 0 Å². The summed E-state index contributed by atoms with van der Waals surface area (Å²) in [6, 6.07) is 3.77. The van der Waals surface area contributed by atoms with Crippen molar-refractivity contribution in [2.45, 2.75) is 65.0 Å². The van der Waals surface area contributed by atoms with Crippen LogP contribution in [0.25, 0.3) is 0 Å². The quantitative estimate of drug-likeness (QED) is 0.758. The number of pyridine rings is 1. The fourth-order valence-corrected chi connectivity index (χ4v) is 3.13. The van der Waals surface area contributed by atoms with E-state index in [1.807, 2.05) is 44.7 Å². The fourth-order valence-electron chi connectivity index (χ4n) is 3.13. The minimum absolute atomic E-state index is 0.0447. The molecule has 2 heterocycles. The SMILES string of the molecule is CCCN(C(=O)OC(C)(C)C)c1ncccc1C1CCCCN1C=O. The minimum atomic E-state index is -0.572. The maximum atomic E-state index is 12.7. The third-order valence-corrected chi connectivity index (χ3v) is 4.17. The first-order chi connectivity index (χ1) is 11.9. The molecule has 0 radical (unpaired) electrons. The van der Waals surface area contributed by atoms with E-state index in [1.165, 1.54) is 0 Å². The lowest BCUT2D eigenvalue weighted by molar-refractivity contribution is -0.121. The second-order valence-electron chi connectivity index (χ2n) is 7.40. The van der Waals surface area contributed by atoms with E-state index in [1.54, 1.807) is 11.1 Å². The zero-order chi connectivity index (χ0) is 18.4. The van der Waals surface area contributed by atoms with Crippen LogP contribution in [0.15, 0.2) is 18.3 Å². The highest BCUT2D eigenvalue weighted by Gasteiger charge is 2.30. The maximum Gasteiger partial charge on any atom is 0.416 e. The lowest BCUT2D eigenvalue weighted by atomic mass is 9.96. The molecule has 2 amide bonds. The Bertz CT molecular complexity index is 598. The molecule has 6 heteroatoms. The van der Waals surface area contributed by atoms with Crippen LogP contribution in [0.2, 0.25) is 0 Å². The van der Waals surface area contributed by atoms with Gasteiger partial charge in [-0.3, -0.25) is 9.69 Å². The summed E-state index contributed by atoms with van der Waals surface area (Å²) in [4.78, 5) is 32.1. The standard InChI is InChI=1S/C19H29N3O3/c1-5-12-22(18(24)25-19(2,3)4)17-15(9-8-11-20-17)16-10-6-7-13-21(16)14-23/h8-9,11,14,16H,5-7,10,12-13H2,1-4H3. The van der Waals surface area contributed by atoms with Crippen LogP contribution in [0.1, 0.15) is 65.0 Å². The Hall–Kier alpha value is -2.11. The van der Waals surface area contributed by atoms with Crippen LogP contribution in [0, 0.1) is 0 Å². The van der Waals surface area contributed by atoms with Crippen molar-refractivity contribution in [3.63, 3.8) is 0 Å².